The van der Waals surface area contributed by atoms with E-state index in [0.29, 0.717) is 6.54 Å². The second-order valence-electron chi connectivity index (χ2n) is 7.09. The van der Waals surface area contributed by atoms with E-state index in [0.717, 1.165) is 36.1 Å². The van der Waals surface area contributed by atoms with E-state index in [-0.39, 0.29) is 17.7 Å². The van der Waals surface area contributed by atoms with Gasteiger partial charge in [-0.15, -0.1) is 11.3 Å². The standard InChI is InChI=1S/C21H26N2O2S/c1-4-14-5-7-15(8-6-14)13-22-20(24)16-9-10-18-17(11-16)12-19(26-18)21(25)23(2)3/h5-8,12,16H,4,9-11,13H2,1-3H3,(H,22,24)/t16-/m1/s1. The van der Waals surface area contributed by atoms with Crippen molar-refractivity contribution in [2.24, 2.45) is 5.92 Å². The van der Waals surface area contributed by atoms with Crippen LogP contribution in [-0.4, -0.2) is 30.8 Å². The minimum Gasteiger partial charge on any atom is -0.352 e. The van der Waals surface area contributed by atoms with Gasteiger partial charge in [-0.3, -0.25) is 9.59 Å². The molecule has 0 bridgehead atoms. The van der Waals surface area contributed by atoms with Crippen LogP contribution in [0.1, 0.15) is 44.6 Å². The van der Waals surface area contributed by atoms with Gasteiger partial charge in [-0.1, -0.05) is 31.2 Å². The summed E-state index contributed by atoms with van der Waals surface area (Å²) in [5.41, 5.74) is 3.60. The molecule has 0 spiro atoms. The first kappa shape index (κ1) is 18.6. The lowest BCUT2D eigenvalue weighted by molar-refractivity contribution is -0.125. The highest BCUT2D eigenvalue weighted by molar-refractivity contribution is 7.14. The first-order chi connectivity index (χ1) is 12.5. The fraction of sp³-hybridized carbons (Fsp3) is 0.429. The fourth-order valence-electron chi connectivity index (χ4n) is 3.30. The average molecular weight is 371 g/mol. The lowest BCUT2D eigenvalue weighted by Gasteiger charge is -2.21. The molecule has 0 unspecified atom stereocenters. The van der Waals surface area contributed by atoms with Gasteiger partial charge in [0.05, 0.1) is 4.88 Å². The third-order valence-corrected chi connectivity index (χ3v) is 6.19. The minimum atomic E-state index is -0.00526. The van der Waals surface area contributed by atoms with Crippen molar-refractivity contribution < 1.29 is 9.59 Å². The molecule has 1 aromatic carbocycles. The Hall–Kier alpha value is -2.14. The molecule has 0 saturated carbocycles. The summed E-state index contributed by atoms with van der Waals surface area (Å²) in [6, 6.07) is 10.4. The van der Waals surface area contributed by atoms with E-state index in [4.69, 9.17) is 0 Å². The Balaban J connectivity index is 1.59. The Morgan fingerprint density at radius 2 is 1.88 bits per heavy atom. The number of hydrogen-bond acceptors (Lipinski definition) is 3. The SMILES string of the molecule is CCc1ccc(CNC(=O)[C@@H]2CCc3sc(C(=O)N(C)C)cc3C2)cc1. The largest absolute Gasteiger partial charge is 0.352 e. The Morgan fingerprint density at radius 3 is 2.54 bits per heavy atom. The van der Waals surface area contributed by atoms with E-state index < -0.39 is 0 Å². The van der Waals surface area contributed by atoms with Crippen LogP contribution in [-0.2, 0) is 30.6 Å². The first-order valence-corrected chi connectivity index (χ1v) is 9.98. The molecular weight excluding hydrogens is 344 g/mol. The number of nitrogens with zero attached hydrogens (tertiary/aromatic N) is 1. The molecule has 138 valence electrons. The number of aryl methyl sites for hydroxylation is 2. The second-order valence-corrected chi connectivity index (χ2v) is 8.22. The Kier molecular flexibility index (Phi) is 5.77. The van der Waals surface area contributed by atoms with Crippen LogP contribution >= 0.6 is 11.3 Å². The molecule has 5 heteroatoms. The van der Waals surface area contributed by atoms with Gasteiger partial charge in [-0.05, 0) is 48.4 Å². The van der Waals surface area contributed by atoms with Crippen LogP contribution in [0.4, 0.5) is 0 Å². The summed E-state index contributed by atoms with van der Waals surface area (Å²) in [6.45, 7) is 2.70. The van der Waals surface area contributed by atoms with Crippen LogP contribution in [0.25, 0.3) is 0 Å². The molecule has 1 N–H and O–H groups in total. The molecule has 0 radical (unpaired) electrons. The monoisotopic (exact) mass is 370 g/mol. The van der Waals surface area contributed by atoms with E-state index in [1.807, 2.05) is 6.07 Å². The number of carbonyl (C=O) groups is 2. The summed E-state index contributed by atoms with van der Waals surface area (Å²) in [5.74, 6) is 0.150. The van der Waals surface area contributed by atoms with Crippen molar-refractivity contribution >= 4 is 23.2 Å². The lowest BCUT2D eigenvalue weighted by atomic mass is 9.87. The van der Waals surface area contributed by atoms with Crippen molar-refractivity contribution in [3.05, 3.63) is 56.8 Å². The molecule has 1 aromatic heterocycles. The molecule has 1 aliphatic rings. The average Bonchev–Trinajstić information content (AvgIpc) is 3.08. The van der Waals surface area contributed by atoms with Crippen molar-refractivity contribution in [3.63, 3.8) is 0 Å². The summed E-state index contributed by atoms with van der Waals surface area (Å²) < 4.78 is 0. The molecule has 0 aliphatic heterocycles. The van der Waals surface area contributed by atoms with Gasteiger partial charge in [0.25, 0.3) is 5.91 Å². The smallest absolute Gasteiger partial charge is 0.263 e. The van der Waals surface area contributed by atoms with Gasteiger partial charge < -0.3 is 10.2 Å². The molecular formula is C21H26N2O2S. The highest BCUT2D eigenvalue weighted by Crippen LogP contribution is 2.33. The number of rotatable bonds is 5. The van der Waals surface area contributed by atoms with Crippen molar-refractivity contribution in [2.75, 3.05) is 14.1 Å². The van der Waals surface area contributed by atoms with E-state index in [9.17, 15) is 9.59 Å². The predicted octanol–water partition coefficient (Wildman–Crippen LogP) is 3.43. The van der Waals surface area contributed by atoms with E-state index >= 15 is 0 Å². The molecule has 2 aromatic rings. The van der Waals surface area contributed by atoms with Gasteiger partial charge in [-0.2, -0.15) is 0 Å². The zero-order valence-electron chi connectivity index (χ0n) is 15.7. The number of fused-ring (bicyclic) bond motifs is 1. The summed E-state index contributed by atoms with van der Waals surface area (Å²) in [4.78, 5) is 28.3. The maximum atomic E-state index is 12.6. The number of nitrogens with one attached hydrogen (secondary N) is 1. The highest BCUT2D eigenvalue weighted by Gasteiger charge is 2.27. The molecule has 1 atom stereocenters. The van der Waals surface area contributed by atoms with Crippen LogP contribution in [0.2, 0.25) is 0 Å². The summed E-state index contributed by atoms with van der Waals surface area (Å²) >= 11 is 1.58. The third kappa shape index (κ3) is 4.15. The van der Waals surface area contributed by atoms with Crippen molar-refractivity contribution in [1.29, 1.82) is 0 Å². The molecule has 0 fully saturated rings. The minimum absolute atomic E-state index is 0.00526. The molecule has 2 amide bonds. The van der Waals surface area contributed by atoms with Crippen LogP contribution in [0.5, 0.6) is 0 Å². The van der Waals surface area contributed by atoms with Crippen LogP contribution in [0.3, 0.4) is 0 Å². The fourth-order valence-corrected chi connectivity index (χ4v) is 4.53. The molecule has 1 heterocycles. The summed E-state index contributed by atoms with van der Waals surface area (Å²) in [6.07, 6.45) is 3.48. The molecule has 4 nitrogen and oxygen atoms in total. The third-order valence-electron chi connectivity index (χ3n) is 4.97. The number of carbonyl (C=O) groups excluding carboxylic acids is 2. The van der Waals surface area contributed by atoms with E-state index in [1.165, 1.54) is 16.0 Å². The van der Waals surface area contributed by atoms with Crippen molar-refractivity contribution in [1.82, 2.24) is 10.2 Å². The quantitative estimate of drug-likeness (QED) is 0.877. The predicted molar refractivity (Wildman–Crippen MR) is 106 cm³/mol. The zero-order valence-corrected chi connectivity index (χ0v) is 16.5. The molecule has 0 saturated heterocycles. The van der Waals surface area contributed by atoms with Crippen LogP contribution in [0, 0.1) is 5.92 Å². The van der Waals surface area contributed by atoms with Gasteiger partial charge in [0.15, 0.2) is 0 Å². The van der Waals surface area contributed by atoms with Crippen LogP contribution < -0.4 is 5.32 Å². The number of amides is 2. The Bertz CT molecular complexity index is 793. The summed E-state index contributed by atoms with van der Waals surface area (Å²) in [5, 5.41) is 3.07. The lowest BCUT2D eigenvalue weighted by Crippen LogP contribution is -2.33. The van der Waals surface area contributed by atoms with Gasteiger partial charge >= 0.3 is 0 Å². The van der Waals surface area contributed by atoms with Crippen LogP contribution in [0.15, 0.2) is 30.3 Å². The number of benzene rings is 1. The Morgan fingerprint density at radius 1 is 1.19 bits per heavy atom. The van der Waals surface area contributed by atoms with E-state index in [1.54, 1.807) is 30.3 Å². The second kappa shape index (κ2) is 8.04. The number of thiophene rings is 1. The zero-order chi connectivity index (χ0) is 18.7. The molecule has 1 aliphatic carbocycles. The molecule has 26 heavy (non-hydrogen) atoms. The number of hydrogen-bond donors (Lipinski definition) is 1. The van der Waals surface area contributed by atoms with E-state index in [2.05, 4.69) is 36.5 Å². The normalized spacial score (nSPS) is 16.0. The molecule has 3 rings (SSSR count). The van der Waals surface area contributed by atoms with Gasteiger partial charge in [0.1, 0.15) is 0 Å². The Labute approximate surface area is 159 Å². The van der Waals surface area contributed by atoms with Crippen molar-refractivity contribution in [2.45, 2.75) is 39.2 Å². The van der Waals surface area contributed by atoms with Gasteiger partial charge in [-0.25, -0.2) is 0 Å². The highest BCUT2D eigenvalue weighted by atomic mass is 32.1. The van der Waals surface area contributed by atoms with Crippen molar-refractivity contribution in [3.8, 4) is 0 Å². The summed E-state index contributed by atoms with van der Waals surface area (Å²) in [7, 11) is 3.54. The maximum absolute atomic E-state index is 12.6. The maximum Gasteiger partial charge on any atom is 0.263 e. The topological polar surface area (TPSA) is 49.4 Å². The first-order valence-electron chi connectivity index (χ1n) is 9.16. The van der Waals surface area contributed by atoms with Gasteiger partial charge in [0.2, 0.25) is 5.91 Å². The van der Waals surface area contributed by atoms with Gasteiger partial charge in [0, 0.05) is 31.4 Å².